The van der Waals surface area contributed by atoms with E-state index < -0.39 is 0 Å². The number of methoxy groups -OCH3 is 1. The Balaban J connectivity index is 2.03. The van der Waals surface area contributed by atoms with Gasteiger partial charge in [-0.05, 0) is 25.3 Å². The van der Waals surface area contributed by atoms with Crippen molar-refractivity contribution in [2.75, 3.05) is 7.11 Å². The highest BCUT2D eigenvalue weighted by Crippen LogP contribution is 2.23. The van der Waals surface area contributed by atoms with Crippen LogP contribution in [-0.4, -0.2) is 18.3 Å². The monoisotopic (exact) mass is 261 g/mol. The molecule has 2 nitrogen and oxygen atoms in total. The maximum atomic E-state index is 5.54. The van der Waals surface area contributed by atoms with E-state index in [2.05, 4.69) is 42.3 Å². The maximum absolute atomic E-state index is 5.54. The normalized spacial score (nSPS) is 20.0. The second kappa shape index (κ2) is 6.76. The highest BCUT2D eigenvalue weighted by atomic mass is 32.2. The van der Waals surface area contributed by atoms with Crippen molar-refractivity contribution in [2.24, 2.45) is 4.99 Å². The molecule has 3 heteroatoms. The third-order valence-electron chi connectivity index (χ3n) is 2.94. The molecule has 2 rings (SSSR count). The van der Waals surface area contributed by atoms with Crippen LogP contribution in [0.4, 0.5) is 0 Å². The lowest BCUT2D eigenvalue weighted by Gasteiger charge is -2.15. The fraction of sp³-hybridized carbons (Fsp3) is 0.400. The van der Waals surface area contributed by atoms with Crippen LogP contribution in [0.25, 0.3) is 0 Å². The Labute approximate surface area is 113 Å². The lowest BCUT2D eigenvalue weighted by molar-refractivity contribution is 0.152. The van der Waals surface area contributed by atoms with Crippen molar-refractivity contribution in [1.29, 1.82) is 0 Å². The van der Waals surface area contributed by atoms with Crippen LogP contribution in [0.1, 0.15) is 25.3 Å². The minimum absolute atomic E-state index is 0.146. The number of ether oxygens (including phenoxy) is 1. The number of aliphatic imine (C=N–C) groups is 1. The number of allylic oxidation sites excluding steroid dienone is 2. The van der Waals surface area contributed by atoms with Crippen LogP contribution in [0.5, 0.6) is 0 Å². The van der Waals surface area contributed by atoms with Crippen LogP contribution < -0.4 is 0 Å². The predicted octanol–water partition coefficient (Wildman–Crippen LogP) is 4.03. The van der Waals surface area contributed by atoms with E-state index in [1.807, 2.05) is 6.07 Å². The molecule has 1 atom stereocenters. The first-order valence-electron chi connectivity index (χ1n) is 6.24. The van der Waals surface area contributed by atoms with Gasteiger partial charge in [-0.3, -0.25) is 0 Å². The summed E-state index contributed by atoms with van der Waals surface area (Å²) in [5.74, 6) is 0.951. The van der Waals surface area contributed by atoms with Crippen molar-refractivity contribution in [3.05, 3.63) is 47.7 Å². The second-order valence-corrected chi connectivity index (χ2v) is 5.37. The Kier molecular flexibility index (Phi) is 5.02. The van der Waals surface area contributed by atoms with Crippen molar-refractivity contribution in [3.8, 4) is 0 Å². The van der Waals surface area contributed by atoms with E-state index in [9.17, 15) is 0 Å². The molecule has 1 aromatic rings. The van der Waals surface area contributed by atoms with Gasteiger partial charge in [-0.25, -0.2) is 4.99 Å². The average molecular weight is 261 g/mol. The fourth-order valence-electron chi connectivity index (χ4n) is 1.93. The van der Waals surface area contributed by atoms with E-state index >= 15 is 0 Å². The highest BCUT2D eigenvalue weighted by Gasteiger charge is 2.17. The van der Waals surface area contributed by atoms with Crippen LogP contribution in [0.3, 0.4) is 0 Å². The molecule has 0 saturated carbocycles. The van der Waals surface area contributed by atoms with Gasteiger partial charge in [0.05, 0.1) is 0 Å². The van der Waals surface area contributed by atoms with Crippen molar-refractivity contribution in [1.82, 2.24) is 0 Å². The van der Waals surface area contributed by atoms with E-state index in [1.54, 1.807) is 18.9 Å². The largest absolute Gasteiger partial charge is 0.375 e. The summed E-state index contributed by atoms with van der Waals surface area (Å²) in [5.41, 5.74) is 2.43. The summed E-state index contributed by atoms with van der Waals surface area (Å²) in [6.07, 6.45) is 4.40. The minimum Gasteiger partial charge on any atom is -0.375 e. The number of benzene rings is 1. The Morgan fingerprint density at radius 3 is 2.83 bits per heavy atom. The zero-order chi connectivity index (χ0) is 12.8. The SMILES string of the molecule is COC1CCC=C(C)N=C1SCc1ccccc1. The number of hydrogen-bond donors (Lipinski definition) is 0. The Morgan fingerprint density at radius 1 is 1.33 bits per heavy atom. The molecular formula is C15H19NOS. The van der Waals surface area contributed by atoms with Gasteiger partial charge < -0.3 is 4.74 Å². The lowest BCUT2D eigenvalue weighted by atomic mass is 10.2. The number of nitrogens with zero attached hydrogens (tertiary/aromatic N) is 1. The lowest BCUT2D eigenvalue weighted by Crippen LogP contribution is -2.19. The van der Waals surface area contributed by atoms with E-state index in [-0.39, 0.29) is 6.10 Å². The van der Waals surface area contributed by atoms with Gasteiger partial charge in [0.2, 0.25) is 0 Å². The molecule has 0 bridgehead atoms. The molecule has 1 aliphatic heterocycles. The van der Waals surface area contributed by atoms with Gasteiger partial charge in [-0.1, -0.05) is 36.4 Å². The summed E-state index contributed by atoms with van der Waals surface area (Å²) in [7, 11) is 1.77. The fourth-order valence-corrected chi connectivity index (χ4v) is 3.05. The Hall–Kier alpha value is -1.06. The summed E-state index contributed by atoms with van der Waals surface area (Å²) < 4.78 is 5.54. The number of hydrogen-bond acceptors (Lipinski definition) is 3. The van der Waals surface area contributed by atoms with Gasteiger partial charge in [0.25, 0.3) is 0 Å². The maximum Gasteiger partial charge on any atom is 0.105 e. The van der Waals surface area contributed by atoms with Gasteiger partial charge in [0.1, 0.15) is 11.1 Å². The second-order valence-electron chi connectivity index (χ2n) is 4.37. The first-order valence-corrected chi connectivity index (χ1v) is 7.23. The van der Waals surface area contributed by atoms with Crippen molar-refractivity contribution < 1.29 is 4.74 Å². The zero-order valence-corrected chi connectivity index (χ0v) is 11.7. The molecule has 0 fully saturated rings. The Bertz CT molecular complexity index is 439. The smallest absolute Gasteiger partial charge is 0.105 e. The van der Waals surface area contributed by atoms with Crippen molar-refractivity contribution >= 4 is 16.8 Å². The van der Waals surface area contributed by atoms with Gasteiger partial charge >= 0.3 is 0 Å². The van der Waals surface area contributed by atoms with Crippen molar-refractivity contribution in [3.63, 3.8) is 0 Å². The summed E-state index contributed by atoms with van der Waals surface area (Å²) in [5, 5.41) is 1.10. The van der Waals surface area contributed by atoms with E-state index in [0.29, 0.717) is 0 Å². The van der Waals surface area contributed by atoms with Gasteiger partial charge in [0, 0.05) is 18.6 Å². The van der Waals surface area contributed by atoms with Gasteiger partial charge in [-0.2, -0.15) is 0 Å². The topological polar surface area (TPSA) is 21.6 Å². The third kappa shape index (κ3) is 3.72. The van der Waals surface area contributed by atoms with Gasteiger partial charge in [-0.15, -0.1) is 11.8 Å². The Morgan fingerprint density at radius 2 is 2.11 bits per heavy atom. The molecular weight excluding hydrogens is 242 g/mol. The zero-order valence-electron chi connectivity index (χ0n) is 10.9. The minimum atomic E-state index is 0.146. The van der Waals surface area contributed by atoms with Gasteiger partial charge in [0.15, 0.2) is 0 Å². The molecule has 0 spiro atoms. The number of rotatable bonds is 3. The van der Waals surface area contributed by atoms with Crippen LogP contribution in [0, 0.1) is 0 Å². The molecule has 18 heavy (non-hydrogen) atoms. The molecule has 1 unspecified atom stereocenters. The average Bonchev–Trinajstić information content (AvgIpc) is 2.58. The molecule has 96 valence electrons. The molecule has 0 aliphatic carbocycles. The summed E-state index contributed by atoms with van der Waals surface area (Å²) >= 11 is 1.78. The van der Waals surface area contributed by atoms with Crippen LogP contribution in [0.2, 0.25) is 0 Å². The van der Waals surface area contributed by atoms with E-state index in [4.69, 9.17) is 4.74 Å². The van der Waals surface area contributed by atoms with Crippen LogP contribution >= 0.6 is 11.8 Å². The van der Waals surface area contributed by atoms with Crippen molar-refractivity contribution in [2.45, 2.75) is 31.6 Å². The molecule has 0 aromatic heterocycles. The standard InChI is InChI=1S/C15H19NOS/c1-12-7-6-10-14(17-2)15(16-12)18-11-13-8-4-3-5-9-13/h3-5,7-9,14H,6,10-11H2,1-2H3. The molecule has 1 aromatic carbocycles. The molecule has 0 amide bonds. The van der Waals surface area contributed by atoms with Crippen LogP contribution in [-0.2, 0) is 10.5 Å². The first-order chi connectivity index (χ1) is 8.79. The summed E-state index contributed by atoms with van der Waals surface area (Å²) in [6.45, 7) is 2.06. The predicted molar refractivity (Wildman–Crippen MR) is 79.0 cm³/mol. The number of thioether (sulfide) groups is 1. The molecule has 1 aliphatic rings. The molecule has 0 radical (unpaired) electrons. The molecule has 0 saturated heterocycles. The van der Waals surface area contributed by atoms with E-state index in [1.165, 1.54) is 5.56 Å². The first kappa shape index (κ1) is 13.4. The van der Waals surface area contributed by atoms with E-state index in [0.717, 1.165) is 29.3 Å². The molecule has 1 heterocycles. The van der Waals surface area contributed by atoms with Crippen LogP contribution in [0.15, 0.2) is 47.1 Å². The quantitative estimate of drug-likeness (QED) is 0.819. The third-order valence-corrected chi connectivity index (χ3v) is 4.07. The summed E-state index contributed by atoms with van der Waals surface area (Å²) in [6, 6.07) is 10.5. The highest BCUT2D eigenvalue weighted by molar-refractivity contribution is 8.13. The summed E-state index contributed by atoms with van der Waals surface area (Å²) in [4.78, 5) is 4.66. The molecule has 0 N–H and O–H groups in total.